The number of hydrogen-bond donors (Lipinski definition) is 1. The highest BCUT2D eigenvalue weighted by Crippen LogP contribution is 2.24. The van der Waals surface area contributed by atoms with E-state index in [1.807, 2.05) is 17.0 Å². The molecule has 2 aromatic rings. The lowest BCUT2D eigenvalue weighted by Crippen LogP contribution is -2.40. The van der Waals surface area contributed by atoms with Crippen molar-refractivity contribution in [2.75, 3.05) is 31.5 Å². The van der Waals surface area contributed by atoms with Crippen molar-refractivity contribution in [3.05, 3.63) is 65.5 Å². The second-order valence-corrected chi connectivity index (χ2v) is 8.23. The molecule has 0 saturated carbocycles. The number of carbonyl (C=O) groups excluding carboxylic acids is 2. The maximum Gasteiger partial charge on any atom is 0.255 e. The van der Waals surface area contributed by atoms with Crippen molar-refractivity contribution in [1.82, 2.24) is 9.80 Å². The maximum absolute atomic E-state index is 13.1. The number of hydrogen-bond acceptors (Lipinski definition) is 3. The van der Waals surface area contributed by atoms with Gasteiger partial charge in [-0.2, -0.15) is 0 Å². The Bertz CT molecular complexity index is 894. The molecule has 2 fully saturated rings. The van der Waals surface area contributed by atoms with Crippen LogP contribution in [0.5, 0.6) is 0 Å². The molecule has 2 aliphatic heterocycles. The topological polar surface area (TPSA) is 52.7 Å². The van der Waals surface area contributed by atoms with Crippen molar-refractivity contribution in [1.29, 1.82) is 0 Å². The summed E-state index contributed by atoms with van der Waals surface area (Å²) in [7, 11) is 0. The first-order valence-electron chi connectivity index (χ1n) is 10.8. The summed E-state index contributed by atoms with van der Waals surface area (Å²) in [4.78, 5) is 29.9. The third-order valence-corrected chi connectivity index (χ3v) is 6.00. The summed E-state index contributed by atoms with van der Waals surface area (Å²) in [5.41, 5.74) is 2.20. The van der Waals surface area contributed by atoms with E-state index >= 15 is 0 Å². The first-order chi connectivity index (χ1) is 14.6. The standard InChI is InChI=1S/C24H28FN3O2/c25-20-11-9-18(10-12-20)16-27-13-5-6-19(17-27)23(29)26-22-8-2-1-7-21(22)24(30)28-14-3-4-15-28/h1-2,7-12,19H,3-6,13-17H2,(H,26,29)/t19-/m0/s1. The van der Waals surface area contributed by atoms with Crippen LogP contribution in [0.4, 0.5) is 10.1 Å². The molecule has 6 heteroatoms. The van der Waals surface area contributed by atoms with E-state index in [4.69, 9.17) is 0 Å². The molecule has 30 heavy (non-hydrogen) atoms. The summed E-state index contributed by atoms with van der Waals surface area (Å²) in [6.07, 6.45) is 3.83. The van der Waals surface area contributed by atoms with E-state index < -0.39 is 0 Å². The normalized spacial score (nSPS) is 19.6. The summed E-state index contributed by atoms with van der Waals surface area (Å²) in [5, 5.41) is 3.01. The van der Waals surface area contributed by atoms with E-state index in [2.05, 4.69) is 10.2 Å². The molecular formula is C24H28FN3O2. The highest BCUT2D eigenvalue weighted by molar-refractivity contribution is 6.04. The lowest BCUT2D eigenvalue weighted by molar-refractivity contribution is -0.121. The minimum absolute atomic E-state index is 0.00928. The summed E-state index contributed by atoms with van der Waals surface area (Å²) >= 11 is 0. The van der Waals surface area contributed by atoms with Crippen LogP contribution in [0, 0.1) is 11.7 Å². The Hall–Kier alpha value is -2.73. The van der Waals surface area contributed by atoms with E-state index in [0.717, 1.165) is 50.9 Å². The summed E-state index contributed by atoms with van der Waals surface area (Å²) < 4.78 is 13.1. The molecule has 158 valence electrons. The van der Waals surface area contributed by atoms with Crippen LogP contribution in [0.15, 0.2) is 48.5 Å². The fourth-order valence-corrected chi connectivity index (χ4v) is 4.37. The molecule has 2 aliphatic rings. The number of likely N-dealkylation sites (tertiary alicyclic amines) is 2. The van der Waals surface area contributed by atoms with Gasteiger partial charge >= 0.3 is 0 Å². The highest BCUT2D eigenvalue weighted by Gasteiger charge is 2.28. The number of nitrogens with zero attached hydrogens (tertiary/aromatic N) is 2. The van der Waals surface area contributed by atoms with Crippen LogP contribution in [-0.4, -0.2) is 47.8 Å². The molecule has 2 heterocycles. The number of piperidine rings is 1. The van der Waals surface area contributed by atoms with Gasteiger partial charge in [0.1, 0.15) is 5.82 Å². The predicted molar refractivity (Wildman–Crippen MR) is 115 cm³/mol. The van der Waals surface area contributed by atoms with E-state index in [1.165, 1.54) is 12.1 Å². The Balaban J connectivity index is 1.40. The van der Waals surface area contributed by atoms with E-state index in [0.29, 0.717) is 24.3 Å². The molecule has 2 saturated heterocycles. The molecule has 2 aromatic carbocycles. The van der Waals surface area contributed by atoms with Gasteiger partial charge in [0.05, 0.1) is 17.2 Å². The third-order valence-electron chi connectivity index (χ3n) is 6.00. The highest BCUT2D eigenvalue weighted by atomic mass is 19.1. The molecule has 0 aromatic heterocycles. The lowest BCUT2D eigenvalue weighted by atomic mass is 9.96. The zero-order valence-electron chi connectivity index (χ0n) is 17.1. The lowest BCUT2D eigenvalue weighted by Gasteiger charge is -2.32. The smallest absolute Gasteiger partial charge is 0.255 e. The van der Waals surface area contributed by atoms with Crippen LogP contribution in [0.25, 0.3) is 0 Å². The van der Waals surface area contributed by atoms with Gasteiger partial charge in [-0.25, -0.2) is 4.39 Å². The quantitative estimate of drug-likeness (QED) is 0.815. The Labute approximate surface area is 176 Å². The number of nitrogens with one attached hydrogen (secondary N) is 1. The molecular weight excluding hydrogens is 381 g/mol. The first-order valence-corrected chi connectivity index (χ1v) is 10.8. The number of rotatable bonds is 5. The van der Waals surface area contributed by atoms with Gasteiger partial charge < -0.3 is 10.2 Å². The summed E-state index contributed by atoms with van der Waals surface area (Å²) in [6, 6.07) is 13.8. The Morgan fingerprint density at radius 3 is 2.47 bits per heavy atom. The van der Waals surface area contributed by atoms with Crippen LogP contribution in [0.2, 0.25) is 0 Å². The maximum atomic E-state index is 13.1. The van der Waals surface area contributed by atoms with Gasteiger partial charge in [0.15, 0.2) is 0 Å². The van der Waals surface area contributed by atoms with Gasteiger partial charge in [0.25, 0.3) is 5.91 Å². The zero-order chi connectivity index (χ0) is 20.9. The number of halogens is 1. The first kappa shape index (κ1) is 20.5. The second-order valence-electron chi connectivity index (χ2n) is 8.23. The second kappa shape index (κ2) is 9.39. The molecule has 4 rings (SSSR count). The van der Waals surface area contributed by atoms with Crippen molar-refractivity contribution in [3.63, 3.8) is 0 Å². The minimum Gasteiger partial charge on any atom is -0.339 e. The number of benzene rings is 2. The SMILES string of the molecule is O=C(Nc1ccccc1C(=O)N1CCCC1)[C@H]1CCCN(Cc2ccc(F)cc2)C1. The molecule has 0 radical (unpaired) electrons. The Morgan fingerprint density at radius 2 is 1.70 bits per heavy atom. The van der Waals surface area contributed by atoms with Crippen LogP contribution < -0.4 is 5.32 Å². The molecule has 0 aliphatic carbocycles. The van der Waals surface area contributed by atoms with E-state index in [9.17, 15) is 14.0 Å². The Morgan fingerprint density at radius 1 is 0.967 bits per heavy atom. The summed E-state index contributed by atoms with van der Waals surface area (Å²) in [6.45, 7) is 3.84. The summed E-state index contributed by atoms with van der Waals surface area (Å²) in [5.74, 6) is -0.420. The fourth-order valence-electron chi connectivity index (χ4n) is 4.37. The van der Waals surface area contributed by atoms with E-state index in [-0.39, 0.29) is 23.5 Å². The van der Waals surface area contributed by atoms with Crippen LogP contribution >= 0.6 is 0 Å². The molecule has 1 atom stereocenters. The number of amides is 2. The average molecular weight is 410 g/mol. The number of anilines is 1. The monoisotopic (exact) mass is 409 g/mol. The molecule has 5 nitrogen and oxygen atoms in total. The average Bonchev–Trinajstić information content (AvgIpc) is 3.30. The van der Waals surface area contributed by atoms with Crippen molar-refractivity contribution < 1.29 is 14.0 Å². The van der Waals surface area contributed by atoms with Crippen LogP contribution in [0.1, 0.15) is 41.6 Å². The molecule has 0 unspecified atom stereocenters. The van der Waals surface area contributed by atoms with Crippen molar-refractivity contribution in [3.8, 4) is 0 Å². The third kappa shape index (κ3) is 4.87. The van der Waals surface area contributed by atoms with Crippen LogP contribution in [0.3, 0.4) is 0 Å². The fraction of sp³-hybridized carbons (Fsp3) is 0.417. The molecule has 0 bridgehead atoms. The predicted octanol–water partition coefficient (Wildman–Crippen LogP) is 3.91. The Kier molecular flexibility index (Phi) is 6.43. The number of para-hydroxylation sites is 1. The minimum atomic E-state index is -0.239. The van der Waals surface area contributed by atoms with Gasteiger partial charge in [0.2, 0.25) is 5.91 Å². The zero-order valence-corrected chi connectivity index (χ0v) is 17.1. The van der Waals surface area contributed by atoms with Gasteiger partial charge in [-0.05, 0) is 62.1 Å². The number of carbonyl (C=O) groups is 2. The van der Waals surface area contributed by atoms with E-state index in [1.54, 1.807) is 24.3 Å². The van der Waals surface area contributed by atoms with Crippen molar-refractivity contribution >= 4 is 17.5 Å². The van der Waals surface area contributed by atoms with Crippen LogP contribution in [-0.2, 0) is 11.3 Å². The molecule has 2 amide bonds. The largest absolute Gasteiger partial charge is 0.339 e. The van der Waals surface area contributed by atoms with Gasteiger partial charge in [0, 0.05) is 26.2 Å². The molecule has 0 spiro atoms. The van der Waals surface area contributed by atoms with Gasteiger partial charge in [-0.1, -0.05) is 24.3 Å². The molecule has 1 N–H and O–H groups in total. The van der Waals surface area contributed by atoms with Gasteiger partial charge in [-0.3, -0.25) is 14.5 Å². The van der Waals surface area contributed by atoms with Crippen molar-refractivity contribution in [2.24, 2.45) is 5.92 Å². The van der Waals surface area contributed by atoms with Crippen molar-refractivity contribution in [2.45, 2.75) is 32.2 Å². The van der Waals surface area contributed by atoms with Gasteiger partial charge in [-0.15, -0.1) is 0 Å².